The van der Waals surface area contributed by atoms with Crippen LogP contribution in [0.15, 0.2) is 80.8 Å². The van der Waals surface area contributed by atoms with E-state index in [9.17, 15) is 14.0 Å². The Labute approximate surface area is 181 Å². The zero-order chi connectivity index (χ0) is 22.2. The molecule has 1 amide bonds. The Morgan fingerprint density at radius 3 is 2.66 bits per heavy atom. The fraction of sp³-hybridized carbons (Fsp3) is 0.0800. The topological polar surface area (TPSA) is 85.3 Å². The Kier molecular flexibility index (Phi) is 4.78. The van der Waals surface area contributed by atoms with E-state index in [0.29, 0.717) is 27.8 Å². The smallest absolute Gasteiger partial charge is 0.340 e. The summed E-state index contributed by atoms with van der Waals surface area (Å²) in [6.45, 7) is 1.79. The maximum absolute atomic E-state index is 13.3. The van der Waals surface area contributed by atoms with Gasteiger partial charge in [0.2, 0.25) is 5.91 Å². The molecule has 0 aliphatic heterocycles. The van der Waals surface area contributed by atoms with Crippen molar-refractivity contribution in [3.63, 3.8) is 0 Å². The van der Waals surface area contributed by atoms with Gasteiger partial charge in [-0.15, -0.1) is 0 Å². The van der Waals surface area contributed by atoms with Crippen LogP contribution in [-0.4, -0.2) is 10.9 Å². The van der Waals surface area contributed by atoms with Crippen molar-refractivity contribution in [2.75, 3.05) is 5.32 Å². The van der Waals surface area contributed by atoms with Crippen molar-refractivity contribution in [3.8, 4) is 11.1 Å². The molecule has 0 aliphatic carbocycles. The van der Waals surface area contributed by atoms with Crippen molar-refractivity contribution >= 4 is 33.5 Å². The van der Waals surface area contributed by atoms with Gasteiger partial charge in [-0.05, 0) is 48.4 Å². The third-order valence-corrected chi connectivity index (χ3v) is 5.42. The molecule has 1 N–H and O–H groups in total. The Bertz CT molecular complexity index is 1520. The lowest BCUT2D eigenvalue weighted by molar-refractivity contribution is -0.115. The Hall–Kier alpha value is -4.26. The van der Waals surface area contributed by atoms with Crippen LogP contribution in [-0.2, 0) is 11.2 Å². The standard InChI is InChI=1S/C25H17FN2O4/c1-14-18-9-20-21(15-4-6-16(26)7-5-15)13-31-22(20)11-23(18)32-25(30)19(14)10-24(29)28-17-3-2-8-27-12-17/h2-9,11-13H,10H2,1H3,(H,28,29). The van der Waals surface area contributed by atoms with Crippen LogP contribution in [0.2, 0.25) is 0 Å². The monoisotopic (exact) mass is 428 g/mol. The van der Waals surface area contributed by atoms with Gasteiger partial charge >= 0.3 is 5.63 Å². The minimum atomic E-state index is -0.569. The van der Waals surface area contributed by atoms with E-state index >= 15 is 0 Å². The molecule has 0 unspecified atom stereocenters. The van der Waals surface area contributed by atoms with E-state index in [-0.39, 0.29) is 23.7 Å². The lowest BCUT2D eigenvalue weighted by atomic mass is 9.99. The van der Waals surface area contributed by atoms with Crippen molar-refractivity contribution in [2.24, 2.45) is 0 Å². The average molecular weight is 428 g/mol. The maximum atomic E-state index is 13.3. The van der Waals surface area contributed by atoms with Crippen LogP contribution in [0.3, 0.4) is 0 Å². The highest BCUT2D eigenvalue weighted by molar-refractivity contribution is 6.02. The van der Waals surface area contributed by atoms with Gasteiger partial charge < -0.3 is 14.2 Å². The van der Waals surface area contributed by atoms with Gasteiger partial charge in [0.1, 0.15) is 17.0 Å². The number of carbonyl (C=O) groups is 1. The number of halogens is 1. The summed E-state index contributed by atoms with van der Waals surface area (Å²) in [5, 5.41) is 4.22. The van der Waals surface area contributed by atoms with Crippen molar-refractivity contribution in [1.29, 1.82) is 0 Å². The van der Waals surface area contributed by atoms with Gasteiger partial charge in [0, 0.05) is 28.6 Å². The lowest BCUT2D eigenvalue weighted by Crippen LogP contribution is -2.20. The second-order valence-corrected chi connectivity index (χ2v) is 7.46. The van der Waals surface area contributed by atoms with Crippen LogP contribution in [0.1, 0.15) is 11.1 Å². The molecule has 0 fully saturated rings. The van der Waals surface area contributed by atoms with Gasteiger partial charge in [0.05, 0.1) is 30.1 Å². The van der Waals surface area contributed by atoms with Crippen LogP contribution in [0.5, 0.6) is 0 Å². The normalized spacial score (nSPS) is 11.2. The number of amides is 1. The molecule has 32 heavy (non-hydrogen) atoms. The van der Waals surface area contributed by atoms with Crippen molar-refractivity contribution < 1.29 is 18.0 Å². The molecule has 5 rings (SSSR count). The van der Waals surface area contributed by atoms with Gasteiger partial charge in [0.15, 0.2) is 0 Å². The maximum Gasteiger partial charge on any atom is 0.340 e. The molecule has 3 aromatic heterocycles. The molecule has 0 radical (unpaired) electrons. The fourth-order valence-corrected chi connectivity index (χ4v) is 3.77. The molecule has 7 heteroatoms. The first-order valence-corrected chi connectivity index (χ1v) is 9.93. The lowest BCUT2D eigenvalue weighted by Gasteiger charge is -2.09. The number of furan rings is 1. The molecule has 0 saturated heterocycles. The van der Waals surface area contributed by atoms with E-state index in [4.69, 9.17) is 8.83 Å². The molecule has 0 saturated carbocycles. The van der Waals surface area contributed by atoms with E-state index < -0.39 is 5.63 Å². The van der Waals surface area contributed by atoms with E-state index in [1.807, 2.05) is 6.07 Å². The number of rotatable bonds is 4. The number of pyridine rings is 1. The van der Waals surface area contributed by atoms with Crippen molar-refractivity contribution in [3.05, 3.63) is 94.6 Å². The van der Waals surface area contributed by atoms with Gasteiger partial charge in [-0.25, -0.2) is 9.18 Å². The number of hydrogen-bond acceptors (Lipinski definition) is 5. The van der Waals surface area contributed by atoms with Gasteiger partial charge in [-0.2, -0.15) is 0 Å². The molecule has 2 aromatic carbocycles. The van der Waals surface area contributed by atoms with Crippen LogP contribution >= 0.6 is 0 Å². The quantitative estimate of drug-likeness (QED) is 0.396. The summed E-state index contributed by atoms with van der Waals surface area (Å²) >= 11 is 0. The highest BCUT2D eigenvalue weighted by atomic mass is 19.1. The Morgan fingerprint density at radius 1 is 1.09 bits per heavy atom. The summed E-state index contributed by atoms with van der Waals surface area (Å²) in [5.41, 5.74) is 3.43. The summed E-state index contributed by atoms with van der Waals surface area (Å²) in [6, 6.07) is 13.1. The molecule has 6 nitrogen and oxygen atoms in total. The second kappa shape index (κ2) is 7.77. The predicted octanol–water partition coefficient (Wildman–Crippen LogP) is 5.23. The molecule has 158 valence electrons. The Balaban J connectivity index is 1.57. The zero-order valence-electron chi connectivity index (χ0n) is 17.0. The summed E-state index contributed by atoms with van der Waals surface area (Å²) in [7, 11) is 0. The number of nitrogens with one attached hydrogen (secondary N) is 1. The summed E-state index contributed by atoms with van der Waals surface area (Å²) in [6.07, 6.45) is 4.59. The zero-order valence-corrected chi connectivity index (χ0v) is 17.0. The third kappa shape index (κ3) is 3.54. The molecular formula is C25H17FN2O4. The van der Waals surface area contributed by atoms with Gasteiger partial charge in [-0.3, -0.25) is 9.78 Å². The first-order valence-electron chi connectivity index (χ1n) is 9.93. The van der Waals surface area contributed by atoms with Crippen LogP contribution in [0.4, 0.5) is 10.1 Å². The number of carbonyl (C=O) groups excluding carboxylic acids is 1. The number of aromatic nitrogens is 1. The molecule has 5 aromatic rings. The fourth-order valence-electron chi connectivity index (χ4n) is 3.77. The molecule has 0 aliphatic rings. The molecule has 3 heterocycles. The van der Waals surface area contributed by atoms with Crippen LogP contribution in [0.25, 0.3) is 33.1 Å². The predicted molar refractivity (Wildman–Crippen MR) is 119 cm³/mol. The van der Waals surface area contributed by atoms with E-state index in [0.717, 1.165) is 16.5 Å². The minimum absolute atomic E-state index is 0.132. The number of nitrogens with zero attached hydrogens (tertiary/aromatic N) is 1. The minimum Gasteiger partial charge on any atom is -0.464 e. The molecule has 0 atom stereocenters. The molecular weight excluding hydrogens is 411 g/mol. The number of fused-ring (bicyclic) bond motifs is 2. The first-order chi connectivity index (χ1) is 15.5. The number of benzene rings is 2. The molecule has 0 spiro atoms. The highest BCUT2D eigenvalue weighted by Crippen LogP contribution is 2.34. The largest absolute Gasteiger partial charge is 0.464 e. The average Bonchev–Trinajstić information content (AvgIpc) is 3.19. The van der Waals surface area contributed by atoms with Gasteiger partial charge in [0.25, 0.3) is 0 Å². The van der Waals surface area contributed by atoms with Crippen molar-refractivity contribution in [2.45, 2.75) is 13.3 Å². The van der Waals surface area contributed by atoms with E-state index in [1.54, 1.807) is 49.7 Å². The molecule has 0 bridgehead atoms. The highest BCUT2D eigenvalue weighted by Gasteiger charge is 2.18. The van der Waals surface area contributed by atoms with Crippen LogP contribution < -0.4 is 10.9 Å². The number of hydrogen-bond donors (Lipinski definition) is 1. The van der Waals surface area contributed by atoms with E-state index in [2.05, 4.69) is 10.3 Å². The van der Waals surface area contributed by atoms with Crippen LogP contribution in [0, 0.1) is 12.7 Å². The SMILES string of the molecule is Cc1c(CC(=O)Nc2cccnc2)c(=O)oc2cc3occ(-c4ccc(F)cc4)c3cc12. The number of aryl methyl sites for hydroxylation is 1. The van der Waals surface area contributed by atoms with Crippen molar-refractivity contribution in [1.82, 2.24) is 4.98 Å². The first kappa shape index (κ1) is 19.7. The summed E-state index contributed by atoms with van der Waals surface area (Å²) in [5.74, 6) is -0.664. The Morgan fingerprint density at radius 2 is 1.91 bits per heavy atom. The number of anilines is 1. The summed E-state index contributed by atoms with van der Waals surface area (Å²) < 4.78 is 24.5. The van der Waals surface area contributed by atoms with Gasteiger partial charge in [-0.1, -0.05) is 12.1 Å². The summed E-state index contributed by atoms with van der Waals surface area (Å²) in [4.78, 5) is 29.1. The second-order valence-electron chi connectivity index (χ2n) is 7.46. The van der Waals surface area contributed by atoms with E-state index in [1.165, 1.54) is 18.3 Å². The third-order valence-electron chi connectivity index (χ3n) is 5.42.